The highest BCUT2D eigenvalue weighted by Gasteiger charge is 2.28. The van der Waals surface area contributed by atoms with Gasteiger partial charge in [-0.3, -0.25) is 14.7 Å². The van der Waals surface area contributed by atoms with Crippen LogP contribution >= 0.6 is 0 Å². The van der Waals surface area contributed by atoms with Crippen molar-refractivity contribution >= 4 is 5.91 Å². The first kappa shape index (κ1) is 22.0. The molecular weight excluding hydrogens is 405 g/mol. The average molecular weight is 434 g/mol. The number of likely N-dealkylation sites (tertiary alicyclic amines) is 1. The molecule has 6 heteroatoms. The lowest BCUT2D eigenvalue weighted by atomic mass is 9.86. The zero-order valence-corrected chi connectivity index (χ0v) is 18.6. The van der Waals surface area contributed by atoms with E-state index in [9.17, 15) is 9.18 Å². The van der Waals surface area contributed by atoms with Crippen LogP contribution in [0.25, 0.3) is 11.3 Å². The number of rotatable bonds is 6. The first-order valence-electron chi connectivity index (χ1n) is 10.7. The molecular formula is C26H28FN3O2. The fraction of sp³-hybridized carbons (Fsp3) is 0.308. The Hall–Kier alpha value is -3.25. The maximum Gasteiger partial charge on any atom is 0.251 e. The largest absolute Gasteiger partial charge is 0.486 e. The van der Waals surface area contributed by atoms with Crippen LogP contribution in [0.2, 0.25) is 0 Å². The summed E-state index contributed by atoms with van der Waals surface area (Å²) in [6.07, 6.45) is 1.77. The summed E-state index contributed by atoms with van der Waals surface area (Å²) in [6.45, 7) is 9.30. The lowest BCUT2D eigenvalue weighted by Crippen LogP contribution is -2.53. The molecule has 0 atom stereocenters. The van der Waals surface area contributed by atoms with Gasteiger partial charge in [0, 0.05) is 25.2 Å². The number of amides is 1. The highest BCUT2D eigenvalue weighted by molar-refractivity contribution is 5.93. The van der Waals surface area contributed by atoms with Gasteiger partial charge >= 0.3 is 0 Å². The van der Waals surface area contributed by atoms with Crippen LogP contribution < -0.4 is 10.5 Å². The van der Waals surface area contributed by atoms with E-state index >= 15 is 0 Å². The van der Waals surface area contributed by atoms with Gasteiger partial charge < -0.3 is 10.5 Å². The predicted molar refractivity (Wildman–Crippen MR) is 123 cm³/mol. The van der Waals surface area contributed by atoms with Crippen LogP contribution in [0.3, 0.4) is 0 Å². The van der Waals surface area contributed by atoms with Crippen molar-refractivity contribution in [2.75, 3.05) is 13.1 Å². The van der Waals surface area contributed by atoms with Crippen molar-refractivity contribution in [2.24, 2.45) is 5.73 Å². The van der Waals surface area contributed by atoms with E-state index in [-0.39, 0.29) is 17.1 Å². The van der Waals surface area contributed by atoms with E-state index in [1.165, 1.54) is 23.3 Å². The van der Waals surface area contributed by atoms with E-state index in [1.807, 2.05) is 6.07 Å². The number of carbonyl (C=O) groups is 1. The topological polar surface area (TPSA) is 68.5 Å². The van der Waals surface area contributed by atoms with Gasteiger partial charge in [0.2, 0.25) is 0 Å². The Bertz CT molecular complexity index is 1100. The molecule has 2 heterocycles. The molecule has 0 radical (unpaired) electrons. The molecule has 0 saturated carbocycles. The van der Waals surface area contributed by atoms with Crippen molar-refractivity contribution in [1.29, 1.82) is 0 Å². The number of benzene rings is 2. The number of ether oxygens (including phenoxy) is 1. The molecule has 1 saturated heterocycles. The number of aromatic nitrogens is 1. The van der Waals surface area contributed by atoms with E-state index in [1.54, 1.807) is 18.3 Å². The van der Waals surface area contributed by atoms with Crippen molar-refractivity contribution in [3.63, 3.8) is 0 Å². The van der Waals surface area contributed by atoms with Crippen LogP contribution in [-0.4, -0.2) is 35.0 Å². The van der Waals surface area contributed by atoms with E-state index in [4.69, 9.17) is 10.5 Å². The van der Waals surface area contributed by atoms with Gasteiger partial charge in [-0.15, -0.1) is 0 Å². The van der Waals surface area contributed by atoms with Gasteiger partial charge in [0.1, 0.15) is 17.7 Å². The Balaban J connectivity index is 1.29. The zero-order valence-electron chi connectivity index (χ0n) is 18.6. The number of pyridine rings is 1. The molecule has 32 heavy (non-hydrogen) atoms. The molecule has 1 aliphatic heterocycles. The van der Waals surface area contributed by atoms with Gasteiger partial charge in [0.25, 0.3) is 5.91 Å². The Labute approximate surface area is 188 Å². The van der Waals surface area contributed by atoms with Crippen LogP contribution in [0.1, 0.15) is 42.3 Å². The summed E-state index contributed by atoms with van der Waals surface area (Å²) in [5.74, 6) is -0.760. The molecule has 3 aromatic rings. The second-order valence-electron chi connectivity index (χ2n) is 9.32. The zero-order chi connectivity index (χ0) is 22.9. The monoisotopic (exact) mass is 433 g/mol. The minimum atomic E-state index is -0.790. The van der Waals surface area contributed by atoms with Crippen LogP contribution in [0, 0.1) is 5.82 Å². The van der Waals surface area contributed by atoms with Crippen LogP contribution in [0.5, 0.6) is 5.75 Å². The highest BCUT2D eigenvalue weighted by atomic mass is 19.1. The normalized spacial score (nSPS) is 14.8. The van der Waals surface area contributed by atoms with Crippen molar-refractivity contribution in [1.82, 2.24) is 9.88 Å². The minimum absolute atomic E-state index is 0.129. The smallest absolute Gasteiger partial charge is 0.251 e. The van der Waals surface area contributed by atoms with E-state index in [2.05, 4.69) is 54.9 Å². The summed E-state index contributed by atoms with van der Waals surface area (Å²) >= 11 is 0. The highest BCUT2D eigenvalue weighted by Crippen LogP contribution is 2.25. The van der Waals surface area contributed by atoms with Crippen LogP contribution in [0.4, 0.5) is 4.39 Å². The molecule has 166 valence electrons. The third-order valence-corrected chi connectivity index (χ3v) is 5.72. The van der Waals surface area contributed by atoms with Crippen LogP contribution in [-0.2, 0) is 12.0 Å². The lowest BCUT2D eigenvalue weighted by Gasteiger charge is -2.39. The summed E-state index contributed by atoms with van der Waals surface area (Å²) in [5.41, 5.74) is 9.00. The fourth-order valence-corrected chi connectivity index (χ4v) is 3.78. The van der Waals surface area contributed by atoms with Gasteiger partial charge in [-0.1, -0.05) is 51.1 Å². The molecule has 0 spiro atoms. The van der Waals surface area contributed by atoms with Crippen molar-refractivity contribution < 1.29 is 13.9 Å². The number of primary amides is 1. The second kappa shape index (κ2) is 8.71. The van der Waals surface area contributed by atoms with Gasteiger partial charge in [0.15, 0.2) is 0 Å². The third kappa shape index (κ3) is 4.97. The molecule has 4 rings (SSSR count). The van der Waals surface area contributed by atoms with Gasteiger partial charge in [-0.2, -0.15) is 0 Å². The Morgan fingerprint density at radius 1 is 1.12 bits per heavy atom. The van der Waals surface area contributed by atoms with Gasteiger partial charge in [0.05, 0.1) is 17.5 Å². The summed E-state index contributed by atoms with van der Waals surface area (Å²) in [6, 6.07) is 16.7. The summed E-state index contributed by atoms with van der Waals surface area (Å²) in [4.78, 5) is 17.9. The first-order chi connectivity index (χ1) is 15.2. The van der Waals surface area contributed by atoms with Crippen molar-refractivity contribution in [3.05, 3.63) is 83.3 Å². The van der Waals surface area contributed by atoms with Crippen LogP contribution in [0.15, 0.2) is 60.8 Å². The third-order valence-electron chi connectivity index (χ3n) is 5.72. The molecule has 1 aromatic heterocycles. The standard InChI is InChI=1S/C26H28FN3O2/c1-26(2,3)19-7-4-17(5-8-19)14-30-15-21(16-30)32-20-9-11-24(29-13-20)18-6-10-22(25(28)31)23(27)12-18/h4-13,21H,14-16H2,1-3H3,(H2,28,31). The number of halogens is 1. The Morgan fingerprint density at radius 2 is 1.84 bits per heavy atom. The molecule has 1 fully saturated rings. The number of carbonyl (C=O) groups excluding carboxylic acids is 1. The molecule has 0 bridgehead atoms. The average Bonchev–Trinajstić information content (AvgIpc) is 2.72. The number of hydrogen-bond donors (Lipinski definition) is 1. The quantitative estimate of drug-likeness (QED) is 0.619. The van der Waals surface area contributed by atoms with Gasteiger partial charge in [-0.25, -0.2) is 4.39 Å². The first-order valence-corrected chi connectivity index (χ1v) is 10.7. The minimum Gasteiger partial charge on any atom is -0.486 e. The molecule has 0 unspecified atom stereocenters. The summed E-state index contributed by atoms with van der Waals surface area (Å²) < 4.78 is 20.0. The number of hydrogen-bond acceptors (Lipinski definition) is 4. The lowest BCUT2D eigenvalue weighted by molar-refractivity contribution is 0.0144. The second-order valence-corrected chi connectivity index (χ2v) is 9.32. The molecule has 5 nitrogen and oxygen atoms in total. The summed E-state index contributed by atoms with van der Waals surface area (Å²) in [7, 11) is 0. The number of nitrogens with zero attached hydrogens (tertiary/aromatic N) is 2. The molecule has 2 N–H and O–H groups in total. The predicted octanol–water partition coefficient (Wildman–Crippen LogP) is 4.55. The fourth-order valence-electron chi connectivity index (χ4n) is 3.78. The molecule has 2 aromatic carbocycles. The molecule has 0 aliphatic carbocycles. The maximum atomic E-state index is 14.0. The molecule has 1 amide bonds. The van der Waals surface area contributed by atoms with E-state index in [0.29, 0.717) is 17.0 Å². The van der Waals surface area contributed by atoms with E-state index < -0.39 is 11.7 Å². The molecule has 1 aliphatic rings. The maximum absolute atomic E-state index is 14.0. The van der Waals surface area contributed by atoms with Gasteiger partial charge in [-0.05, 0) is 40.8 Å². The number of nitrogens with two attached hydrogens (primary N) is 1. The van der Waals surface area contributed by atoms with E-state index in [0.717, 1.165) is 19.6 Å². The van der Waals surface area contributed by atoms with Crippen molar-refractivity contribution in [2.45, 2.75) is 38.8 Å². The van der Waals surface area contributed by atoms with Crippen molar-refractivity contribution in [3.8, 4) is 17.0 Å². The summed E-state index contributed by atoms with van der Waals surface area (Å²) in [5, 5.41) is 0. The Morgan fingerprint density at radius 3 is 2.41 bits per heavy atom. The SMILES string of the molecule is CC(C)(C)c1ccc(CN2CC(Oc3ccc(-c4ccc(C(N)=O)c(F)c4)nc3)C2)cc1. The Kier molecular flexibility index (Phi) is 5.98.